The Bertz CT molecular complexity index is 190. The van der Waals surface area contributed by atoms with Crippen LogP contribution in [0.4, 0.5) is 0 Å². The first-order valence-corrected chi connectivity index (χ1v) is 6.46. The minimum absolute atomic E-state index is 0.456. The molecule has 0 amide bonds. The Kier molecular flexibility index (Phi) is 4.30. The van der Waals surface area contributed by atoms with Crippen LogP contribution in [0.3, 0.4) is 0 Å². The number of rotatable bonds is 4. The second-order valence-corrected chi connectivity index (χ2v) is 5.81. The summed E-state index contributed by atoms with van der Waals surface area (Å²) in [4.78, 5) is 11.3. The number of carboxylic acid groups (broad SMARTS) is 1. The average Bonchev–Trinajstić information content (AvgIpc) is 2.17. The van der Waals surface area contributed by atoms with E-state index in [1.807, 2.05) is 0 Å². The molecule has 0 spiro atoms. The van der Waals surface area contributed by atoms with E-state index < -0.39 is 10.7 Å². The van der Waals surface area contributed by atoms with E-state index in [9.17, 15) is 9.90 Å². The molecule has 2 nitrogen and oxygen atoms in total. The molecular formula is C11H20O2S. The number of carbonyl (C=O) groups is 1. The molecule has 82 valence electrons. The average molecular weight is 216 g/mol. The predicted octanol–water partition coefficient (Wildman–Crippen LogP) is 3.16. The van der Waals surface area contributed by atoms with Crippen LogP contribution in [-0.2, 0) is 4.79 Å². The van der Waals surface area contributed by atoms with E-state index >= 15 is 0 Å². The van der Waals surface area contributed by atoms with Crippen LogP contribution in [-0.4, -0.2) is 21.6 Å². The topological polar surface area (TPSA) is 37.3 Å². The molecule has 0 aromatic rings. The number of thioether (sulfide) groups is 1. The van der Waals surface area contributed by atoms with Crippen LogP contribution >= 0.6 is 11.8 Å². The highest BCUT2D eigenvalue weighted by atomic mass is 32.2. The predicted molar refractivity (Wildman–Crippen MR) is 60.7 cm³/mol. The van der Waals surface area contributed by atoms with Crippen molar-refractivity contribution in [3.8, 4) is 0 Å². The van der Waals surface area contributed by atoms with Crippen LogP contribution in [0.2, 0.25) is 0 Å². The van der Waals surface area contributed by atoms with Gasteiger partial charge in [-0.05, 0) is 43.8 Å². The second-order valence-electron chi connectivity index (χ2n) is 4.33. The van der Waals surface area contributed by atoms with Gasteiger partial charge in [0.25, 0.3) is 0 Å². The van der Waals surface area contributed by atoms with Crippen molar-refractivity contribution in [2.24, 2.45) is 5.92 Å². The minimum Gasteiger partial charge on any atom is -0.480 e. The largest absolute Gasteiger partial charge is 0.480 e. The van der Waals surface area contributed by atoms with E-state index in [0.29, 0.717) is 5.92 Å². The van der Waals surface area contributed by atoms with Crippen molar-refractivity contribution in [2.45, 2.75) is 50.7 Å². The summed E-state index contributed by atoms with van der Waals surface area (Å²) >= 11 is 1.66. The van der Waals surface area contributed by atoms with Crippen LogP contribution < -0.4 is 0 Å². The summed E-state index contributed by atoms with van der Waals surface area (Å²) < 4.78 is -0.456. The first kappa shape index (κ1) is 11.9. The molecule has 1 fully saturated rings. The molecule has 1 saturated carbocycles. The van der Waals surface area contributed by atoms with Crippen LogP contribution in [0.5, 0.6) is 0 Å². The molecule has 1 N–H and O–H groups in total. The monoisotopic (exact) mass is 216 g/mol. The molecule has 14 heavy (non-hydrogen) atoms. The fourth-order valence-electron chi connectivity index (χ4n) is 1.95. The van der Waals surface area contributed by atoms with E-state index in [0.717, 1.165) is 37.9 Å². The quantitative estimate of drug-likeness (QED) is 0.784. The van der Waals surface area contributed by atoms with E-state index in [1.165, 1.54) is 0 Å². The van der Waals surface area contributed by atoms with Gasteiger partial charge in [-0.2, -0.15) is 0 Å². The molecule has 1 rings (SSSR count). The van der Waals surface area contributed by atoms with Gasteiger partial charge in [-0.1, -0.05) is 13.8 Å². The van der Waals surface area contributed by atoms with Crippen LogP contribution in [0.15, 0.2) is 0 Å². The van der Waals surface area contributed by atoms with Gasteiger partial charge in [0.15, 0.2) is 0 Å². The third-order valence-electron chi connectivity index (χ3n) is 3.05. The molecule has 0 heterocycles. The molecule has 0 atom stereocenters. The molecule has 0 aliphatic heterocycles. The molecule has 0 radical (unpaired) electrons. The van der Waals surface area contributed by atoms with Crippen LogP contribution in [0.1, 0.15) is 46.0 Å². The van der Waals surface area contributed by atoms with Gasteiger partial charge in [0.2, 0.25) is 0 Å². The Morgan fingerprint density at radius 2 is 2.07 bits per heavy atom. The lowest BCUT2D eigenvalue weighted by molar-refractivity contribution is -0.141. The Morgan fingerprint density at radius 1 is 1.50 bits per heavy atom. The van der Waals surface area contributed by atoms with Gasteiger partial charge in [-0.25, -0.2) is 0 Å². The lowest BCUT2D eigenvalue weighted by Crippen LogP contribution is -2.39. The van der Waals surface area contributed by atoms with Gasteiger partial charge in [-0.15, -0.1) is 11.8 Å². The molecule has 0 unspecified atom stereocenters. The molecule has 1 aliphatic rings. The third-order valence-corrected chi connectivity index (χ3v) is 4.80. The van der Waals surface area contributed by atoms with Gasteiger partial charge in [-0.3, -0.25) is 4.79 Å². The standard InChI is InChI=1S/C11H20O2S/c1-3-8-14-11(10(12)13)6-4-9(2)5-7-11/h9H,3-8H2,1-2H3,(H,12,13). The molecule has 0 aromatic heterocycles. The zero-order valence-corrected chi connectivity index (χ0v) is 9.90. The van der Waals surface area contributed by atoms with Crippen molar-refractivity contribution in [3.63, 3.8) is 0 Å². The molecule has 3 heteroatoms. The maximum atomic E-state index is 11.3. The summed E-state index contributed by atoms with van der Waals surface area (Å²) in [6.45, 7) is 4.32. The molecule has 0 saturated heterocycles. The lowest BCUT2D eigenvalue weighted by atomic mass is 9.82. The lowest BCUT2D eigenvalue weighted by Gasteiger charge is -2.35. The fraction of sp³-hybridized carbons (Fsp3) is 0.909. The normalized spacial score (nSPS) is 32.9. The highest BCUT2D eigenvalue weighted by Gasteiger charge is 2.41. The number of carboxylic acids is 1. The smallest absolute Gasteiger partial charge is 0.319 e. The zero-order valence-electron chi connectivity index (χ0n) is 9.08. The van der Waals surface area contributed by atoms with Crippen molar-refractivity contribution >= 4 is 17.7 Å². The van der Waals surface area contributed by atoms with E-state index in [-0.39, 0.29) is 0 Å². The highest BCUT2D eigenvalue weighted by Crippen LogP contribution is 2.42. The van der Waals surface area contributed by atoms with Gasteiger partial charge >= 0.3 is 5.97 Å². The SMILES string of the molecule is CCCSC1(C(=O)O)CCC(C)CC1. The number of hydrogen-bond acceptors (Lipinski definition) is 2. The summed E-state index contributed by atoms with van der Waals surface area (Å²) in [5.74, 6) is 1.09. The molecule has 1 aliphatic carbocycles. The summed E-state index contributed by atoms with van der Waals surface area (Å²) in [6, 6.07) is 0. The van der Waals surface area contributed by atoms with Gasteiger partial charge in [0.05, 0.1) is 0 Å². The van der Waals surface area contributed by atoms with E-state index in [2.05, 4.69) is 13.8 Å². The first-order valence-electron chi connectivity index (χ1n) is 5.48. The maximum absolute atomic E-state index is 11.3. The Hall–Kier alpha value is -0.180. The number of hydrogen-bond donors (Lipinski definition) is 1. The number of aliphatic carboxylic acids is 1. The van der Waals surface area contributed by atoms with Crippen molar-refractivity contribution in [1.29, 1.82) is 0 Å². The van der Waals surface area contributed by atoms with Crippen LogP contribution in [0, 0.1) is 5.92 Å². The summed E-state index contributed by atoms with van der Waals surface area (Å²) in [5, 5.41) is 9.28. The Labute approximate surface area is 90.5 Å². The zero-order chi connectivity index (χ0) is 10.6. The summed E-state index contributed by atoms with van der Waals surface area (Å²) in [5.41, 5.74) is 0. The Balaban J connectivity index is 2.58. The van der Waals surface area contributed by atoms with Gasteiger partial charge in [0.1, 0.15) is 4.75 Å². The van der Waals surface area contributed by atoms with Gasteiger partial charge in [0, 0.05) is 0 Å². The van der Waals surface area contributed by atoms with E-state index in [1.54, 1.807) is 11.8 Å². The maximum Gasteiger partial charge on any atom is 0.319 e. The second kappa shape index (κ2) is 5.06. The van der Waals surface area contributed by atoms with Crippen LogP contribution in [0.25, 0.3) is 0 Å². The molecule has 0 aromatic carbocycles. The van der Waals surface area contributed by atoms with E-state index in [4.69, 9.17) is 0 Å². The van der Waals surface area contributed by atoms with Crippen molar-refractivity contribution < 1.29 is 9.90 Å². The van der Waals surface area contributed by atoms with Gasteiger partial charge < -0.3 is 5.11 Å². The minimum atomic E-state index is -0.595. The summed E-state index contributed by atoms with van der Waals surface area (Å²) in [7, 11) is 0. The third kappa shape index (κ3) is 2.66. The fourth-order valence-corrected chi connectivity index (χ4v) is 3.19. The first-order chi connectivity index (χ1) is 6.60. The molecular weight excluding hydrogens is 196 g/mol. The van der Waals surface area contributed by atoms with Crippen molar-refractivity contribution in [1.82, 2.24) is 0 Å². The highest BCUT2D eigenvalue weighted by molar-refractivity contribution is 8.01. The summed E-state index contributed by atoms with van der Waals surface area (Å²) in [6.07, 6.45) is 4.92. The Morgan fingerprint density at radius 3 is 2.50 bits per heavy atom. The van der Waals surface area contributed by atoms with Crippen molar-refractivity contribution in [2.75, 3.05) is 5.75 Å². The van der Waals surface area contributed by atoms with Crippen molar-refractivity contribution in [3.05, 3.63) is 0 Å². The molecule has 0 bridgehead atoms.